The highest BCUT2D eigenvalue weighted by atomic mass is 16.2. The average molecular weight is 283 g/mol. The Labute approximate surface area is 125 Å². The van der Waals surface area contributed by atoms with Crippen molar-refractivity contribution in [3.05, 3.63) is 54.6 Å². The zero-order valence-electron chi connectivity index (χ0n) is 12.2. The smallest absolute Gasteiger partial charge is 0.222 e. The van der Waals surface area contributed by atoms with Crippen LogP contribution in [0.4, 0.5) is 0 Å². The Balaban J connectivity index is 1.55. The zero-order chi connectivity index (χ0) is 14.5. The van der Waals surface area contributed by atoms with Gasteiger partial charge in [0, 0.05) is 31.9 Å². The molecule has 1 amide bonds. The number of imidazole rings is 1. The Kier molecular flexibility index (Phi) is 4.34. The van der Waals surface area contributed by atoms with Crippen molar-refractivity contribution in [3.63, 3.8) is 0 Å². The van der Waals surface area contributed by atoms with Crippen LogP contribution in [0.25, 0.3) is 0 Å². The minimum Gasteiger partial charge on any atom is -0.341 e. The molecule has 0 unspecified atom stereocenters. The maximum Gasteiger partial charge on any atom is 0.222 e. The summed E-state index contributed by atoms with van der Waals surface area (Å²) in [5.41, 5.74) is 1.23. The van der Waals surface area contributed by atoms with Gasteiger partial charge < -0.3 is 9.47 Å². The van der Waals surface area contributed by atoms with Crippen LogP contribution in [0.2, 0.25) is 0 Å². The zero-order valence-corrected chi connectivity index (χ0v) is 12.2. The highest BCUT2D eigenvalue weighted by Crippen LogP contribution is 2.21. The Morgan fingerprint density at radius 3 is 2.90 bits per heavy atom. The molecule has 1 atom stereocenters. The number of hydrogen-bond donors (Lipinski definition) is 0. The van der Waals surface area contributed by atoms with E-state index in [9.17, 15) is 4.79 Å². The van der Waals surface area contributed by atoms with Crippen LogP contribution in [0.5, 0.6) is 0 Å². The minimum atomic E-state index is 0.267. The van der Waals surface area contributed by atoms with Crippen molar-refractivity contribution in [1.29, 1.82) is 0 Å². The second-order valence-corrected chi connectivity index (χ2v) is 5.63. The topological polar surface area (TPSA) is 38.1 Å². The van der Waals surface area contributed by atoms with Gasteiger partial charge in [0.1, 0.15) is 0 Å². The van der Waals surface area contributed by atoms with E-state index in [1.54, 1.807) is 6.20 Å². The van der Waals surface area contributed by atoms with E-state index < -0.39 is 0 Å². The quantitative estimate of drug-likeness (QED) is 0.865. The summed E-state index contributed by atoms with van der Waals surface area (Å²) in [5, 5.41) is 0. The molecule has 1 aromatic carbocycles. The van der Waals surface area contributed by atoms with Crippen molar-refractivity contribution in [3.8, 4) is 0 Å². The number of nitrogens with zero attached hydrogens (tertiary/aromatic N) is 3. The number of amides is 1. The molecule has 110 valence electrons. The first-order valence-electron chi connectivity index (χ1n) is 7.62. The second-order valence-electron chi connectivity index (χ2n) is 5.63. The summed E-state index contributed by atoms with van der Waals surface area (Å²) in [7, 11) is 0. The molecule has 0 N–H and O–H groups in total. The largest absolute Gasteiger partial charge is 0.341 e. The van der Waals surface area contributed by atoms with Gasteiger partial charge in [-0.15, -0.1) is 0 Å². The summed E-state index contributed by atoms with van der Waals surface area (Å²) >= 11 is 0. The van der Waals surface area contributed by atoms with Crippen molar-refractivity contribution in [2.24, 2.45) is 0 Å². The standard InChI is InChI=1S/C17H21N3O/c21-17(9-8-15-5-2-1-3-6-15)19-11-4-7-16(13-19)20-12-10-18-14-20/h1-3,5-6,10,12,14,16H,4,7-9,11,13H2/t16-/m0/s1. The Hall–Kier alpha value is -2.10. The molecule has 4 heteroatoms. The summed E-state index contributed by atoms with van der Waals surface area (Å²) in [6.45, 7) is 1.70. The Morgan fingerprint density at radius 1 is 1.29 bits per heavy atom. The maximum absolute atomic E-state index is 12.4. The normalized spacial score (nSPS) is 18.7. The van der Waals surface area contributed by atoms with E-state index in [-0.39, 0.29) is 5.91 Å². The predicted octanol–water partition coefficient (Wildman–Crippen LogP) is 2.68. The van der Waals surface area contributed by atoms with Crippen LogP contribution in [0.1, 0.15) is 30.9 Å². The van der Waals surface area contributed by atoms with Crippen molar-refractivity contribution in [2.75, 3.05) is 13.1 Å². The lowest BCUT2D eigenvalue weighted by Gasteiger charge is -2.33. The Morgan fingerprint density at radius 2 is 2.14 bits per heavy atom. The molecule has 0 saturated carbocycles. The van der Waals surface area contributed by atoms with Crippen LogP contribution in [-0.2, 0) is 11.2 Å². The van der Waals surface area contributed by atoms with Crippen molar-refractivity contribution < 1.29 is 4.79 Å². The molecule has 1 aliphatic rings. The Bertz CT molecular complexity index is 565. The number of aryl methyl sites for hydroxylation is 1. The van der Waals surface area contributed by atoms with E-state index in [0.29, 0.717) is 12.5 Å². The summed E-state index contributed by atoms with van der Waals surface area (Å²) in [4.78, 5) is 18.5. The SMILES string of the molecule is O=C(CCc1ccccc1)N1CCC[C@H](n2ccnc2)C1. The van der Waals surface area contributed by atoms with Gasteiger partial charge in [0.25, 0.3) is 0 Å². The van der Waals surface area contributed by atoms with Gasteiger partial charge in [-0.2, -0.15) is 0 Å². The molecule has 1 saturated heterocycles. The molecule has 0 aliphatic carbocycles. The lowest BCUT2D eigenvalue weighted by Crippen LogP contribution is -2.40. The number of hydrogen-bond acceptors (Lipinski definition) is 2. The number of carbonyl (C=O) groups excluding carboxylic acids is 1. The summed E-state index contributed by atoms with van der Waals surface area (Å²) < 4.78 is 2.12. The van der Waals surface area contributed by atoms with Crippen molar-refractivity contribution in [1.82, 2.24) is 14.5 Å². The average Bonchev–Trinajstić information content (AvgIpc) is 3.08. The summed E-state index contributed by atoms with van der Waals surface area (Å²) in [6, 6.07) is 10.6. The van der Waals surface area contributed by atoms with Crippen LogP contribution in [0.15, 0.2) is 49.1 Å². The molecule has 2 heterocycles. The van der Waals surface area contributed by atoms with Gasteiger partial charge >= 0.3 is 0 Å². The molecule has 1 fully saturated rings. The molecule has 0 radical (unpaired) electrons. The molecule has 1 aromatic heterocycles. The van der Waals surface area contributed by atoms with Crippen LogP contribution < -0.4 is 0 Å². The molecular weight excluding hydrogens is 262 g/mol. The third kappa shape index (κ3) is 3.51. The van der Waals surface area contributed by atoms with Gasteiger partial charge in [0.15, 0.2) is 0 Å². The predicted molar refractivity (Wildman–Crippen MR) is 81.8 cm³/mol. The molecule has 0 spiro atoms. The summed E-state index contributed by atoms with van der Waals surface area (Å²) in [6.07, 6.45) is 9.26. The highest BCUT2D eigenvalue weighted by molar-refractivity contribution is 5.76. The number of aromatic nitrogens is 2. The highest BCUT2D eigenvalue weighted by Gasteiger charge is 2.24. The fourth-order valence-electron chi connectivity index (χ4n) is 2.96. The van der Waals surface area contributed by atoms with Crippen molar-refractivity contribution >= 4 is 5.91 Å². The van der Waals surface area contributed by atoms with Gasteiger partial charge in [-0.3, -0.25) is 4.79 Å². The third-order valence-corrected chi connectivity index (χ3v) is 4.17. The number of rotatable bonds is 4. The van der Waals surface area contributed by atoms with Gasteiger partial charge in [-0.05, 0) is 24.8 Å². The number of benzene rings is 1. The molecule has 4 nitrogen and oxygen atoms in total. The van der Waals surface area contributed by atoms with Crippen LogP contribution in [0, 0.1) is 0 Å². The van der Waals surface area contributed by atoms with E-state index in [2.05, 4.69) is 21.7 Å². The van der Waals surface area contributed by atoms with Crippen molar-refractivity contribution in [2.45, 2.75) is 31.7 Å². The molecule has 2 aromatic rings. The first kappa shape index (κ1) is 13.9. The van der Waals surface area contributed by atoms with Gasteiger partial charge in [-0.1, -0.05) is 30.3 Å². The fourth-order valence-corrected chi connectivity index (χ4v) is 2.96. The van der Waals surface area contributed by atoms with E-state index in [4.69, 9.17) is 0 Å². The molecular formula is C17H21N3O. The van der Waals surface area contributed by atoms with E-state index >= 15 is 0 Å². The van der Waals surface area contributed by atoms with Crippen LogP contribution in [0.3, 0.4) is 0 Å². The molecule has 1 aliphatic heterocycles. The monoisotopic (exact) mass is 283 g/mol. The van der Waals surface area contributed by atoms with Crippen LogP contribution in [-0.4, -0.2) is 33.4 Å². The maximum atomic E-state index is 12.4. The van der Waals surface area contributed by atoms with Gasteiger partial charge in [0.2, 0.25) is 5.91 Å². The number of carbonyl (C=O) groups is 1. The van der Waals surface area contributed by atoms with Gasteiger partial charge in [0.05, 0.1) is 12.4 Å². The lowest BCUT2D eigenvalue weighted by molar-refractivity contribution is -0.132. The van der Waals surface area contributed by atoms with E-state index in [1.165, 1.54) is 5.56 Å². The first-order chi connectivity index (χ1) is 10.3. The second kappa shape index (κ2) is 6.57. The summed E-state index contributed by atoms with van der Waals surface area (Å²) in [5.74, 6) is 0.267. The number of likely N-dealkylation sites (tertiary alicyclic amines) is 1. The number of piperidine rings is 1. The molecule has 21 heavy (non-hydrogen) atoms. The fraction of sp³-hybridized carbons (Fsp3) is 0.412. The van der Waals surface area contributed by atoms with Crippen LogP contribution >= 0.6 is 0 Å². The lowest BCUT2D eigenvalue weighted by atomic mass is 10.0. The van der Waals surface area contributed by atoms with E-state index in [0.717, 1.165) is 32.4 Å². The third-order valence-electron chi connectivity index (χ3n) is 4.17. The van der Waals surface area contributed by atoms with Gasteiger partial charge in [-0.25, -0.2) is 4.98 Å². The first-order valence-corrected chi connectivity index (χ1v) is 7.62. The molecule has 3 rings (SSSR count). The molecule has 0 bridgehead atoms. The van der Waals surface area contributed by atoms with E-state index in [1.807, 2.05) is 35.6 Å². The minimum absolute atomic E-state index is 0.267.